The summed E-state index contributed by atoms with van der Waals surface area (Å²) in [6, 6.07) is 0. The first-order valence-corrected chi connectivity index (χ1v) is 1.63. The third-order valence-electron chi connectivity index (χ3n) is 0. The first-order valence-electron chi connectivity index (χ1n) is 1.63. The Morgan fingerprint density at radius 3 is 0.500 bits per heavy atom. The molecule has 0 aromatic carbocycles. The average Bonchev–Trinajstić information content (AvgIpc) is 2.03. The van der Waals surface area contributed by atoms with E-state index in [2.05, 4.69) is 0 Å². The van der Waals surface area contributed by atoms with Gasteiger partial charge >= 0.3 is 40.1 Å². The Morgan fingerprint density at radius 2 is 0.500 bits per heavy atom. The zero-order chi connectivity index (χ0) is 8.00. The molecule has 0 aliphatic heterocycles. The van der Waals surface area contributed by atoms with Crippen molar-refractivity contribution < 1.29 is 37.5 Å². The normalized spacial score (nSPS) is 2.40. The van der Waals surface area contributed by atoms with E-state index in [1.165, 1.54) is 0 Å². The van der Waals surface area contributed by atoms with Gasteiger partial charge in [-0.2, -0.15) is 28.4 Å². The molecule has 0 N–H and O–H groups in total. The summed E-state index contributed by atoms with van der Waals surface area (Å²) in [5, 5.41) is 33.0. The molecular weight excluding hydrogens is 192 g/mol. The van der Waals surface area contributed by atoms with E-state index in [0.29, 0.717) is 0 Å². The van der Waals surface area contributed by atoms with E-state index in [9.17, 15) is 0 Å². The van der Waals surface area contributed by atoms with Crippen LogP contribution < -0.4 is 20.4 Å². The van der Waals surface area contributed by atoms with Crippen molar-refractivity contribution in [1.82, 2.24) is 0 Å². The van der Waals surface area contributed by atoms with Crippen LogP contribution in [0.1, 0.15) is 0 Å². The van der Waals surface area contributed by atoms with Gasteiger partial charge in [0.15, 0.2) is 0 Å². The summed E-state index contributed by atoms with van der Waals surface area (Å²) in [6.45, 7) is 0. The molecule has 6 heteroatoms. The van der Waals surface area contributed by atoms with Crippen molar-refractivity contribution in [1.29, 1.82) is 0 Å². The molecule has 0 aromatic rings. The molecule has 0 amide bonds. The van der Waals surface area contributed by atoms with Gasteiger partial charge in [0, 0.05) is 0 Å². The van der Waals surface area contributed by atoms with E-state index >= 15 is 0 Å². The quantitative estimate of drug-likeness (QED) is 0.372. The molecule has 0 aromatic heterocycles. The monoisotopic (exact) mass is 204 g/mol. The summed E-state index contributed by atoms with van der Waals surface area (Å²) in [4.78, 5) is 0. The van der Waals surface area contributed by atoms with Crippen molar-refractivity contribution in [2.24, 2.45) is 0 Å². The summed E-state index contributed by atoms with van der Waals surface area (Å²) in [6.07, 6.45) is 0. The molecule has 0 heterocycles. The Labute approximate surface area is 88.9 Å². The molecular formula is C4H12FeMgO4. The van der Waals surface area contributed by atoms with E-state index in [4.69, 9.17) is 20.4 Å². The third-order valence-corrected chi connectivity index (χ3v) is 0. The van der Waals surface area contributed by atoms with Crippen LogP contribution in [0.4, 0.5) is 0 Å². The fourth-order valence-electron chi connectivity index (χ4n) is 0. The van der Waals surface area contributed by atoms with Crippen LogP contribution in [-0.4, -0.2) is 51.5 Å². The largest absolute Gasteiger partial charge is 2.00 e. The van der Waals surface area contributed by atoms with E-state index in [-0.39, 0.29) is 40.1 Å². The molecule has 0 radical (unpaired) electrons. The van der Waals surface area contributed by atoms with E-state index in [0.717, 1.165) is 28.4 Å². The first kappa shape index (κ1) is 43.4. The Hall–Kier alpha value is 1.13. The zero-order valence-corrected chi connectivity index (χ0v) is 9.21. The molecule has 0 bridgehead atoms. The SMILES string of the molecule is C[O-].C[O-].C[O-].C[O-].[Fe+2].[Mg+2]. The smallest absolute Gasteiger partial charge is 0.857 e. The van der Waals surface area contributed by atoms with Crippen molar-refractivity contribution in [3.8, 4) is 0 Å². The van der Waals surface area contributed by atoms with Gasteiger partial charge in [0.25, 0.3) is 0 Å². The molecule has 0 fully saturated rings. The Balaban J connectivity index is -0.00000000500. The van der Waals surface area contributed by atoms with E-state index in [1.54, 1.807) is 0 Å². The molecule has 0 spiro atoms. The van der Waals surface area contributed by atoms with Crippen molar-refractivity contribution in [3.63, 3.8) is 0 Å². The zero-order valence-electron chi connectivity index (χ0n) is 6.69. The van der Waals surface area contributed by atoms with Gasteiger partial charge < -0.3 is 20.4 Å². The Morgan fingerprint density at radius 1 is 0.500 bits per heavy atom. The Kier molecular flexibility index (Phi) is 2890. The van der Waals surface area contributed by atoms with Gasteiger partial charge in [0.05, 0.1) is 0 Å². The molecule has 0 aliphatic rings. The van der Waals surface area contributed by atoms with Crippen LogP contribution in [0, 0.1) is 0 Å². The van der Waals surface area contributed by atoms with Crippen LogP contribution >= 0.6 is 0 Å². The third kappa shape index (κ3) is 475. The molecule has 0 saturated carbocycles. The van der Waals surface area contributed by atoms with Crippen molar-refractivity contribution in [2.75, 3.05) is 28.4 Å². The van der Waals surface area contributed by atoms with Crippen molar-refractivity contribution >= 4 is 23.1 Å². The van der Waals surface area contributed by atoms with Crippen LogP contribution in [0.3, 0.4) is 0 Å². The predicted molar refractivity (Wildman–Crippen MR) is 29.4 cm³/mol. The fraction of sp³-hybridized carbons (Fsp3) is 1.00. The number of hydrogen-bond donors (Lipinski definition) is 0. The van der Waals surface area contributed by atoms with Gasteiger partial charge in [0.2, 0.25) is 0 Å². The van der Waals surface area contributed by atoms with Crippen molar-refractivity contribution in [2.45, 2.75) is 0 Å². The maximum Gasteiger partial charge on any atom is 2.00 e. The summed E-state index contributed by atoms with van der Waals surface area (Å²) in [7, 11) is 3.00. The van der Waals surface area contributed by atoms with E-state index < -0.39 is 0 Å². The summed E-state index contributed by atoms with van der Waals surface area (Å²) < 4.78 is 0. The van der Waals surface area contributed by atoms with Gasteiger partial charge in [-0.1, -0.05) is 0 Å². The number of hydrogen-bond acceptors (Lipinski definition) is 4. The minimum absolute atomic E-state index is 0. The average molecular weight is 204 g/mol. The topological polar surface area (TPSA) is 92.2 Å². The van der Waals surface area contributed by atoms with Crippen LogP contribution in [0.5, 0.6) is 0 Å². The first-order chi connectivity index (χ1) is 4.00. The van der Waals surface area contributed by atoms with Crippen LogP contribution in [-0.2, 0) is 17.1 Å². The van der Waals surface area contributed by atoms with Gasteiger partial charge in [-0.3, -0.25) is 0 Å². The summed E-state index contributed by atoms with van der Waals surface area (Å²) >= 11 is 0. The Bertz CT molecular complexity index is 17.2. The molecule has 0 rings (SSSR count). The van der Waals surface area contributed by atoms with Crippen molar-refractivity contribution in [3.05, 3.63) is 0 Å². The van der Waals surface area contributed by atoms with Gasteiger partial charge in [-0.05, 0) is 0 Å². The van der Waals surface area contributed by atoms with E-state index in [1.807, 2.05) is 0 Å². The molecule has 0 aliphatic carbocycles. The maximum atomic E-state index is 8.25. The molecule has 0 unspecified atom stereocenters. The fourth-order valence-corrected chi connectivity index (χ4v) is 0. The van der Waals surface area contributed by atoms with Gasteiger partial charge in [-0.25, -0.2) is 0 Å². The molecule has 4 nitrogen and oxygen atoms in total. The van der Waals surface area contributed by atoms with Gasteiger partial charge in [-0.15, -0.1) is 0 Å². The molecule has 62 valence electrons. The minimum atomic E-state index is 0. The second-order valence-electron chi connectivity index (χ2n) is 0. The summed E-state index contributed by atoms with van der Waals surface area (Å²) in [5.41, 5.74) is 0. The maximum absolute atomic E-state index is 8.25. The summed E-state index contributed by atoms with van der Waals surface area (Å²) in [5.74, 6) is 0. The molecule has 10 heavy (non-hydrogen) atoms. The predicted octanol–water partition coefficient (Wildman–Crippen LogP) is -4.48. The van der Waals surface area contributed by atoms with Crippen LogP contribution in [0.25, 0.3) is 0 Å². The standard InChI is InChI=1S/4CH3O.Fe.Mg/c4*1-2;;/h4*1H3;;/q4*-1;2*+2. The van der Waals surface area contributed by atoms with Crippen LogP contribution in [0.15, 0.2) is 0 Å². The minimum Gasteiger partial charge on any atom is -0.857 e. The number of rotatable bonds is 0. The molecule has 0 atom stereocenters. The second-order valence-corrected chi connectivity index (χ2v) is 0. The molecule has 0 saturated heterocycles. The second kappa shape index (κ2) is 665. The van der Waals surface area contributed by atoms with Gasteiger partial charge in [0.1, 0.15) is 0 Å². The van der Waals surface area contributed by atoms with Crippen LogP contribution in [0.2, 0.25) is 0 Å².